The van der Waals surface area contributed by atoms with Crippen LogP contribution in [0.5, 0.6) is 0 Å². The molecule has 2 nitrogen and oxygen atoms in total. The maximum atomic E-state index is 12.4. The van der Waals surface area contributed by atoms with Crippen molar-refractivity contribution in [3.63, 3.8) is 0 Å². The van der Waals surface area contributed by atoms with Gasteiger partial charge in [0, 0.05) is 5.57 Å². The highest BCUT2D eigenvalue weighted by molar-refractivity contribution is 6.21. The largest absolute Gasteiger partial charge is 0.412 e. The van der Waals surface area contributed by atoms with Crippen LogP contribution in [0.1, 0.15) is 11.1 Å². The normalized spacial score (nSPS) is 20.1. The molecule has 0 spiro atoms. The lowest BCUT2D eigenvalue weighted by atomic mass is 10.0. The molecule has 17 heavy (non-hydrogen) atoms. The summed E-state index contributed by atoms with van der Waals surface area (Å²) in [5, 5.41) is 1.90. The van der Waals surface area contributed by atoms with Crippen molar-refractivity contribution >= 4 is 11.5 Å². The van der Waals surface area contributed by atoms with E-state index >= 15 is 0 Å². The van der Waals surface area contributed by atoms with Crippen LogP contribution in [0.25, 0.3) is 5.57 Å². The number of rotatable bonds is 1. The van der Waals surface area contributed by atoms with Crippen molar-refractivity contribution < 1.29 is 18.0 Å². The van der Waals surface area contributed by atoms with Gasteiger partial charge in [-0.15, -0.1) is 0 Å². The average Bonchev–Trinajstić information content (AvgIpc) is 2.61. The Morgan fingerprint density at radius 1 is 1.18 bits per heavy atom. The first-order valence-electron chi connectivity index (χ1n) is 5.04. The Kier molecular flexibility index (Phi) is 2.69. The summed E-state index contributed by atoms with van der Waals surface area (Å²) < 4.78 is 37.3. The minimum absolute atomic E-state index is 0.0762. The zero-order chi connectivity index (χ0) is 12.6. The molecule has 90 valence electrons. The van der Waals surface area contributed by atoms with Crippen LogP contribution in [0.3, 0.4) is 0 Å². The van der Waals surface area contributed by atoms with Crippen molar-refractivity contribution in [2.45, 2.75) is 19.1 Å². The van der Waals surface area contributed by atoms with E-state index in [0.29, 0.717) is 5.56 Å². The molecule has 0 saturated heterocycles. The Balaban J connectivity index is 2.33. The molecule has 1 amide bonds. The fourth-order valence-corrected chi connectivity index (χ4v) is 1.64. The summed E-state index contributed by atoms with van der Waals surface area (Å²) in [7, 11) is 0. The van der Waals surface area contributed by atoms with E-state index in [0.717, 1.165) is 11.6 Å². The van der Waals surface area contributed by atoms with E-state index in [2.05, 4.69) is 0 Å². The van der Waals surface area contributed by atoms with Gasteiger partial charge in [0.15, 0.2) is 0 Å². The minimum atomic E-state index is -4.44. The quantitative estimate of drug-likeness (QED) is 0.803. The molecule has 2 rings (SSSR count). The molecule has 0 unspecified atom stereocenters. The van der Waals surface area contributed by atoms with Crippen LogP contribution >= 0.6 is 0 Å². The number of amides is 1. The number of nitrogens with one attached hydrogen (secondary N) is 1. The van der Waals surface area contributed by atoms with Gasteiger partial charge in [-0.05, 0) is 18.6 Å². The number of hydrogen-bond acceptors (Lipinski definition) is 1. The summed E-state index contributed by atoms with van der Waals surface area (Å²) in [6.07, 6.45) is -3.52. The van der Waals surface area contributed by atoms with Crippen molar-refractivity contribution in [2.75, 3.05) is 0 Å². The van der Waals surface area contributed by atoms with Gasteiger partial charge < -0.3 is 5.32 Å². The summed E-state index contributed by atoms with van der Waals surface area (Å²) in [5.41, 5.74) is 1.56. The molecular weight excluding hydrogens is 231 g/mol. The summed E-state index contributed by atoms with van der Waals surface area (Å²) in [6, 6.07) is 4.90. The highest BCUT2D eigenvalue weighted by Gasteiger charge is 2.43. The molecule has 0 saturated carbocycles. The lowest BCUT2D eigenvalue weighted by molar-refractivity contribution is -0.148. The number of aryl methyl sites for hydroxylation is 1. The Labute approximate surface area is 96.1 Å². The third-order valence-electron chi connectivity index (χ3n) is 2.58. The van der Waals surface area contributed by atoms with Crippen LogP contribution < -0.4 is 5.32 Å². The van der Waals surface area contributed by atoms with Crippen LogP contribution in [0, 0.1) is 6.92 Å². The molecule has 0 bridgehead atoms. The predicted octanol–water partition coefficient (Wildman–Crippen LogP) is 2.44. The van der Waals surface area contributed by atoms with Crippen LogP contribution in [0.4, 0.5) is 13.2 Å². The number of benzene rings is 1. The lowest BCUT2D eigenvalue weighted by Crippen LogP contribution is -2.39. The lowest BCUT2D eigenvalue weighted by Gasteiger charge is -2.12. The molecule has 1 N–H and O–H groups in total. The van der Waals surface area contributed by atoms with E-state index in [9.17, 15) is 18.0 Å². The summed E-state index contributed by atoms with van der Waals surface area (Å²) in [6.45, 7) is 1.87. The van der Waals surface area contributed by atoms with Crippen LogP contribution in [0.15, 0.2) is 30.3 Å². The minimum Gasteiger partial charge on any atom is -0.337 e. The van der Waals surface area contributed by atoms with E-state index in [1.54, 1.807) is 24.3 Å². The molecule has 1 aliphatic heterocycles. The van der Waals surface area contributed by atoms with E-state index in [-0.39, 0.29) is 5.57 Å². The van der Waals surface area contributed by atoms with Crippen LogP contribution in [0.2, 0.25) is 0 Å². The second-order valence-corrected chi connectivity index (χ2v) is 3.94. The predicted molar refractivity (Wildman–Crippen MR) is 57.1 cm³/mol. The van der Waals surface area contributed by atoms with Crippen molar-refractivity contribution in [1.82, 2.24) is 5.32 Å². The second-order valence-electron chi connectivity index (χ2n) is 3.94. The fourth-order valence-electron chi connectivity index (χ4n) is 1.64. The van der Waals surface area contributed by atoms with E-state index in [1.807, 2.05) is 12.2 Å². The first-order chi connectivity index (χ1) is 7.88. The third kappa shape index (κ3) is 2.33. The molecule has 0 aliphatic carbocycles. The highest BCUT2D eigenvalue weighted by atomic mass is 19.4. The zero-order valence-corrected chi connectivity index (χ0v) is 9.01. The van der Waals surface area contributed by atoms with Gasteiger partial charge in [0.2, 0.25) is 0 Å². The molecule has 1 aliphatic rings. The van der Waals surface area contributed by atoms with E-state index < -0.39 is 18.1 Å². The second kappa shape index (κ2) is 3.91. The first-order valence-corrected chi connectivity index (χ1v) is 5.04. The monoisotopic (exact) mass is 241 g/mol. The first kappa shape index (κ1) is 11.7. The third-order valence-corrected chi connectivity index (χ3v) is 2.58. The topological polar surface area (TPSA) is 29.1 Å². The van der Waals surface area contributed by atoms with E-state index in [1.165, 1.54) is 0 Å². The fraction of sp³-hybridized carbons (Fsp3) is 0.250. The summed E-state index contributed by atoms with van der Waals surface area (Å²) >= 11 is 0. The number of alkyl halides is 3. The Morgan fingerprint density at radius 3 is 2.24 bits per heavy atom. The van der Waals surface area contributed by atoms with Crippen molar-refractivity contribution in [2.24, 2.45) is 0 Å². The SMILES string of the molecule is Cc1ccc(C2=C[C@@H](C(F)(F)F)NC2=O)cc1. The molecule has 1 aromatic carbocycles. The van der Waals surface area contributed by atoms with Crippen LogP contribution in [-0.4, -0.2) is 18.1 Å². The number of carbonyl (C=O) groups excluding carboxylic acids is 1. The molecule has 1 heterocycles. The molecule has 1 aromatic rings. The summed E-state index contributed by atoms with van der Waals surface area (Å²) in [5.74, 6) is -0.684. The van der Waals surface area contributed by atoms with Crippen molar-refractivity contribution in [3.8, 4) is 0 Å². The van der Waals surface area contributed by atoms with Gasteiger partial charge in [-0.25, -0.2) is 0 Å². The van der Waals surface area contributed by atoms with Crippen LogP contribution in [-0.2, 0) is 4.79 Å². The molecule has 5 heteroatoms. The zero-order valence-electron chi connectivity index (χ0n) is 9.01. The number of carbonyl (C=O) groups is 1. The molecule has 0 fully saturated rings. The van der Waals surface area contributed by atoms with Crippen molar-refractivity contribution in [1.29, 1.82) is 0 Å². The number of hydrogen-bond donors (Lipinski definition) is 1. The molecule has 0 aromatic heterocycles. The van der Waals surface area contributed by atoms with Gasteiger partial charge in [0.05, 0.1) is 0 Å². The van der Waals surface area contributed by atoms with Gasteiger partial charge >= 0.3 is 6.18 Å². The summed E-state index contributed by atoms with van der Waals surface area (Å²) in [4.78, 5) is 11.4. The molecule has 1 atom stereocenters. The highest BCUT2D eigenvalue weighted by Crippen LogP contribution is 2.29. The average molecular weight is 241 g/mol. The van der Waals surface area contributed by atoms with Crippen molar-refractivity contribution in [3.05, 3.63) is 41.5 Å². The van der Waals surface area contributed by atoms with Gasteiger partial charge in [0.25, 0.3) is 5.91 Å². The van der Waals surface area contributed by atoms with Gasteiger partial charge in [0.1, 0.15) is 6.04 Å². The Morgan fingerprint density at radius 2 is 1.76 bits per heavy atom. The maximum Gasteiger partial charge on any atom is 0.412 e. The molecule has 0 radical (unpaired) electrons. The number of halogens is 3. The molecular formula is C12H10F3NO. The van der Waals surface area contributed by atoms with Gasteiger partial charge in [-0.1, -0.05) is 29.8 Å². The smallest absolute Gasteiger partial charge is 0.337 e. The maximum absolute atomic E-state index is 12.4. The van der Waals surface area contributed by atoms with E-state index in [4.69, 9.17) is 0 Å². The van der Waals surface area contributed by atoms with Gasteiger partial charge in [-0.3, -0.25) is 4.79 Å². The Bertz CT molecular complexity index is 474. The Hall–Kier alpha value is -1.78. The standard InChI is InChI=1S/C12H10F3NO/c1-7-2-4-8(5-3-7)9-6-10(12(13,14)15)16-11(9)17/h2-6,10H,1H3,(H,16,17)/t10-/m0/s1. The van der Waals surface area contributed by atoms with Gasteiger partial charge in [-0.2, -0.15) is 13.2 Å².